The van der Waals surface area contributed by atoms with Crippen LogP contribution in [0.25, 0.3) is 0 Å². The lowest BCUT2D eigenvalue weighted by atomic mass is 9.93. The topological polar surface area (TPSA) is 12.5 Å². The summed E-state index contributed by atoms with van der Waals surface area (Å²) in [5, 5.41) is 0. The molecule has 0 aromatic carbocycles. The summed E-state index contributed by atoms with van der Waals surface area (Å²) in [4.78, 5) is 2.63. The van der Waals surface area contributed by atoms with Gasteiger partial charge in [0.15, 0.2) is 0 Å². The third-order valence-electron chi connectivity index (χ3n) is 3.84. The van der Waals surface area contributed by atoms with Crippen LogP contribution in [0.3, 0.4) is 0 Å². The second-order valence-corrected chi connectivity index (χ2v) is 6.72. The van der Waals surface area contributed by atoms with Gasteiger partial charge < -0.3 is 9.64 Å². The normalized spacial score (nSPS) is 19.0. The predicted octanol–water partition coefficient (Wildman–Crippen LogP) is 3.81. The average molecular weight is 255 g/mol. The fourth-order valence-corrected chi connectivity index (χ4v) is 2.65. The van der Waals surface area contributed by atoms with Crippen molar-refractivity contribution >= 4 is 0 Å². The van der Waals surface area contributed by atoms with Crippen molar-refractivity contribution in [1.29, 1.82) is 0 Å². The van der Waals surface area contributed by atoms with Gasteiger partial charge in [0.1, 0.15) is 0 Å². The standard InChI is InChI=1S/C16H33NO/c1-14(2)7-11-18-12-8-16-5-9-17(10-6-16)13-15(3)4/h14-16H,5-13H2,1-4H3. The lowest BCUT2D eigenvalue weighted by Crippen LogP contribution is -2.36. The molecule has 1 heterocycles. The highest BCUT2D eigenvalue weighted by atomic mass is 16.5. The van der Waals surface area contributed by atoms with Crippen LogP contribution in [-0.2, 0) is 4.74 Å². The Morgan fingerprint density at radius 2 is 1.67 bits per heavy atom. The van der Waals surface area contributed by atoms with Gasteiger partial charge in [-0.3, -0.25) is 0 Å². The summed E-state index contributed by atoms with van der Waals surface area (Å²) >= 11 is 0. The highest BCUT2D eigenvalue weighted by Gasteiger charge is 2.19. The van der Waals surface area contributed by atoms with E-state index in [9.17, 15) is 0 Å². The maximum absolute atomic E-state index is 5.73. The van der Waals surface area contributed by atoms with Crippen LogP contribution in [0.1, 0.15) is 53.4 Å². The fourth-order valence-electron chi connectivity index (χ4n) is 2.65. The minimum absolute atomic E-state index is 0.768. The Kier molecular flexibility index (Phi) is 7.92. The van der Waals surface area contributed by atoms with Gasteiger partial charge in [0, 0.05) is 19.8 Å². The summed E-state index contributed by atoms with van der Waals surface area (Å²) in [7, 11) is 0. The molecule has 0 aromatic rings. The fraction of sp³-hybridized carbons (Fsp3) is 1.00. The molecule has 0 saturated carbocycles. The molecule has 0 bridgehead atoms. The van der Waals surface area contributed by atoms with Crippen LogP contribution in [0.15, 0.2) is 0 Å². The smallest absolute Gasteiger partial charge is 0.0468 e. The van der Waals surface area contributed by atoms with Gasteiger partial charge in [-0.15, -0.1) is 0 Å². The van der Waals surface area contributed by atoms with Crippen molar-refractivity contribution < 1.29 is 4.74 Å². The van der Waals surface area contributed by atoms with E-state index in [1.165, 1.54) is 45.3 Å². The van der Waals surface area contributed by atoms with Crippen LogP contribution in [0.2, 0.25) is 0 Å². The van der Waals surface area contributed by atoms with Gasteiger partial charge in [0.2, 0.25) is 0 Å². The molecule has 0 aliphatic carbocycles. The zero-order chi connectivity index (χ0) is 13.4. The molecular formula is C16H33NO. The van der Waals surface area contributed by atoms with Crippen LogP contribution < -0.4 is 0 Å². The molecule has 0 radical (unpaired) electrons. The maximum atomic E-state index is 5.73. The first-order chi connectivity index (χ1) is 8.58. The molecule has 0 spiro atoms. The third kappa shape index (κ3) is 7.38. The second-order valence-electron chi connectivity index (χ2n) is 6.72. The van der Waals surface area contributed by atoms with Crippen molar-refractivity contribution in [2.24, 2.45) is 17.8 Å². The van der Waals surface area contributed by atoms with Gasteiger partial charge in [0.25, 0.3) is 0 Å². The minimum Gasteiger partial charge on any atom is -0.381 e. The highest BCUT2D eigenvalue weighted by Crippen LogP contribution is 2.21. The molecule has 0 atom stereocenters. The highest BCUT2D eigenvalue weighted by molar-refractivity contribution is 4.72. The zero-order valence-electron chi connectivity index (χ0n) is 13.0. The van der Waals surface area contributed by atoms with Gasteiger partial charge in [0.05, 0.1) is 0 Å². The van der Waals surface area contributed by atoms with E-state index in [4.69, 9.17) is 4.74 Å². The van der Waals surface area contributed by atoms with Crippen LogP contribution >= 0.6 is 0 Å². The van der Waals surface area contributed by atoms with Crippen LogP contribution in [-0.4, -0.2) is 37.7 Å². The molecule has 2 nitrogen and oxygen atoms in total. The van der Waals surface area contributed by atoms with E-state index in [0.29, 0.717) is 0 Å². The monoisotopic (exact) mass is 255 g/mol. The molecule has 0 unspecified atom stereocenters. The molecular weight excluding hydrogens is 222 g/mol. The number of likely N-dealkylation sites (tertiary alicyclic amines) is 1. The minimum atomic E-state index is 0.768. The molecule has 1 fully saturated rings. The molecule has 0 amide bonds. The summed E-state index contributed by atoms with van der Waals surface area (Å²) in [6.07, 6.45) is 5.22. The Balaban J connectivity index is 1.98. The summed E-state index contributed by atoms with van der Waals surface area (Å²) in [6.45, 7) is 14.9. The van der Waals surface area contributed by atoms with E-state index in [1.807, 2.05) is 0 Å². The van der Waals surface area contributed by atoms with Crippen molar-refractivity contribution in [3.8, 4) is 0 Å². The summed E-state index contributed by atoms with van der Waals surface area (Å²) in [5.41, 5.74) is 0. The van der Waals surface area contributed by atoms with Crippen molar-refractivity contribution in [2.75, 3.05) is 32.8 Å². The zero-order valence-corrected chi connectivity index (χ0v) is 13.0. The molecule has 0 aromatic heterocycles. The molecule has 108 valence electrons. The van der Waals surface area contributed by atoms with E-state index >= 15 is 0 Å². The Hall–Kier alpha value is -0.0800. The summed E-state index contributed by atoms with van der Waals surface area (Å²) in [5.74, 6) is 2.48. The SMILES string of the molecule is CC(C)CCOCCC1CCN(CC(C)C)CC1. The Labute approximate surface area is 114 Å². The van der Waals surface area contributed by atoms with Crippen molar-refractivity contribution in [3.63, 3.8) is 0 Å². The summed E-state index contributed by atoms with van der Waals surface area (Å²) < 4.78 is 5.73. The second kappa shape index (κ2) is 8.92. The largest absolute Gasteiger partial charge is 0.381 e. The Morgan fingerprint density at radius 1 is 1.00 bits per heavy atom. The van der Waals surface area contributed by atoms with Gasteiger partial charge in [-0.2, -0.15) is 0 Å². The van der Waals surface area contributed by atoms with Gasteiger partial charge in [-0.05, 0) is 56.5 Å². The first-order valence-corrected chi connectivity index (χ1v) is 7.88. The van der Waals surface area contributed by atoms with E-state index < -0.39 is 0 Å². The molecule has 1 saturated heterocycles. The number of nitrogens with zero attached hydrogens (tertiary/aromatic N) is 1. The van der Waals surface area contributed by atoms with Crippen LogP contribution in [0, 0.1) is 17.8 Å². The number of hydrogen-bond acceptors (Lipinski definition) is 2. The molecule has 2 heteroatoms. The average Bonchev–Trinajstić information content (AvgIpc) is 2.30. The van der Waals surface area contributed by atoms with Crippen molar-refractivity contribution in [3.05, 3.63) is 0 Å². The number of ether oxygens (including phenoxy) is 1. The molecule has 1 rings (SSSR count). The van der Waals surface area contributed by atoms with Crippen molar-refractivity contribution in [2.45, 2.75) is 53.4 Å². The number of rotatable bonds is 8. The third-order valence-corrected chi connectivity index (χ3v) is 3.84. The predicted molar refractivity (Wildman–Crippen MR) is 78.9 cm³/mol. The Bertz CT molecular complexity index is 195. The molecule has 0 N–H and O–H groups in total. The van der Waals surface area contributed by atoms with Gasteiger partial charge >= 0.3 is 0 Å². The molecule has 1 aliphatic rings. The van der Waals surface area contributed by atoms with E-state index in [2.05, 4.69) is 32.6 Å². The molecule has 18 heavy (non-hydrogen) atoms. The van der Waals surface area contributed by atoms with Gasteiger partial charge in [-0.25, -0.2) is 0 Å². The van der Waals surface area contributed by atoms with Crippen LogP contribution in [0.4, 0.5) is 0 Å². The van der Waals surface area contributed by atoms with E-state index in [-0.39, 0.29) is 0 Å². The first kappa shape index (κ1) is 16.0. The first-order valence-electron chi connectivity index (χ1n) is 7.88. The lowest BCUT2D eigenvalue weighted by molar-refractivity contribution is 0.0924. The van der Waals surface area contributed by atoms with Crippen molar-refractivity contribution in [1.82, 2.24) is 4.90 Å². The van der Waals surface area contributed by atoms with Gasteiger partial charge in [-0.1, -0.05) is 27.7 Å². The number of piperidine rings is 1. The maximum Gasteiger partial charge on any atom is 0.0468 e. The number of hydrogen-bond donors (Lipinski definition) is 0. The van der Waals surface area contributed by atoms with E-state index in [1.54, 1.807) is 0 Å². The quantitative estimate of drug-likeness (QED) is 0.612. The molecule has 1 aliphatic heterocycles. The summed E-state index contributed by atoms with van der Waals surface area (Å²) in [6, 6.07) is 0. The van der Waals surface area contributed by atoms with Crippen LogP contribution in [0.5, 0.6) is 0 Å². The van der Waals surface area contributed by atoms with E-state index in [0.717, 1.165) is 31.0 Å². The lowest BCUT2D eigenvalue weighted by Gasteiger charge is -2.32. The Morgan fingerprint density at radius 3 is 2.22 bits per heavy atom.